The van der Waals surface area contributed by atoms with E-state index in [1.54, 1.807) is 6.08 Å². The molecule has 1 nitrogen and oxygen atoms in total. The molecule has 0 aromatic heterocycles. The van der Waals surface area contributed by atoms with E-state index in [0.717, 1.165) is 6.42 Å². The minimum Gasteiger partial charge on any atom is -0.390 e. The molecule has 0 aromatic carbocycles. The average Bonchev–Trinajstić information content (AvgIpc) is 2.41. The molecule has 1 heteroatoms. The first kappa shape index (κ1) is 6.81. The third kappa shape index (κ3) is 1.55. The molecule has 1 saturated carbocycles. The summed E-state index contributed by atoms with van der Waals surface area (Å²) in [6.45, 7) is 5.49. The lowest BCUT2D eigenvalue weighted by atomic mass is 9.97. The van der Waals surface area contributed by atoms with Crippen molar-refractivity contribution in [1.82, 2.24) is 0 Å². The Morgan fingerprint density at radius 3 is 2.67 bits per heavy atom. The van der Waals surface area contributed by atoms with Crippen LogP contribution in [-0.2, 0) is 0 Å². The van der Waals surface area contributed by atoms with Crippen LogP contribution < -0.4 is 0 Å². The van der Waals surface area contributed by atoms with E-state index in [4.69, 9.17) is 0 Å². The van der Waals surface area contributed by atoms with E-state index in [9.17, 15) is 5.11 Å². The fourth-order valence-electron chi connectivity index (χ4n) is 1.16. The SMILES string of the molecule is C=CC[C@](C)(O)C1CC1. The van der Waals surface area contributed by atoms with E-state index < -0.39 is 5.60 Å². The van der Waals surface area contributed by atoms with Crippen LogP contribution in [0.5, 0.6) is 0 Å². The van der Waals surface area contributed by atoms with Crippen molar-refractivity contribution in [2.75, 3.05) is 0 Å². The monoisotopic (exact) mass is 126 g/mol. The predicted molar refractivity (Wildman–Crippen MR) is 38.2 cm³/mol. The highest BCUT2D eigenvalue weighted by atomic mass is 16.3. The van der Waals surface area contributed by atoms with Crippen LogP contribution >= 0.6 is 0 Å². The number of rotatable bonds is 3. The predicted octanol–water partition coefficient (Wildman–Crippen LogP) is 1.72. The van der Waals surface area contributed by atoms with E-state index in [2.05, 4.69) is 6.58 Å². The van der Waals surface area contributed by atoms with Gasteiger partial charge in [0.05, 0.1) is 5.60 Å². The quantitative estimate of drug-likeness (QED) is 0.571. The second-order valence-corrected chi connectivity index (χ2v) is 3.12. The van der Waals surface area contributed by atoms with E-state index >= 15 is 0 Å². The van der Waals surface area contributed by atoms with E-state index in [1.807, 2.05) is 6.92 Å². The molecule has 1 rings (SSSR count). The zero-order valence-corrected chi connectivity index (χ0v) is 5.93. The van der Waals surface area contributed by atoms with Crippen LogP contribution in [0.1, 0.15) is 26.2 Å². The Morgan fingerprint density at radius 2 is 2.33 bits per heavy atom. The van der Waals surface area contributed by atoms with E-state index in [-0.39, 0.29) is 0 Å². The maximum absolute atomic E-state index is 9.58. The first-order valence-electron chi connectivity index (χ1n) is 3.50. The molecule has 0 aromatic rings. The summed E-state index contributed by atoms with van der Waals surface area (Å²) < 4.78 is 0. The Labute approximate surface area is 56.4 Å². The van der Waals surface area contributed by atoms with Crippen LogP contribution in [0, 0.1) is 5.92 Å². The summed E-state index contributed by atoms with van der Waals surface area (Å²) in [6, 6.07) is 0. The van der Waals surface area contributed by atoms with Crippen molar-refractivity contribution in [3.05, 3.63) is 12.7 Å². The van der Waals surface area contributed by atoms with Crippen molar-refractivity contribution < 1.29 is 5.11 Å². The summed E-state index contributed by atoms with van der Waals surface area (Å²) in [5, 5.41) is 9.58. The molecule has 0 radical (unpaired) electrons. The summed E-state index contributed by atoms with van der Waals surface area (Å²) in [5.74, 6) is 0.551. The smallest absolute Gasteiger partial charge is 0.0681 e. The van der Waals surface area contributed by atoms with Gasteiger partial charge >= 0.3 is 0 Å². The summed E-state index contributed by atoms with van der Waals surface area (Å²) in [7, 11) is 0. The molecule has 0 heterocycles. The Kier molecular flexibility index (Phi) is 1.62. The van der Waals surface area contributed by atoms with Crippen LogP contribution in [0.15, 0.2) is 12.7 Å². The molecule has 1 fully saturated rings. The van der Waals surface area contributed by atoms with Gasteiger partial charge in [0.15, 0.2) is 0 Å². The second-order valence-electron chi connectivity index (χ2n) is 3.12. The number of aliphatic hydroxyl groups is 1. The van der Waals surface area contributed by atoms with Crippen molar-refractivity contribution in [3.63, 3.8) is 0 Å². The highest BCUT2D eigenvalue weighted by Gasteiger charge is 2.38. The lowest BCUT2D eigenvalue weighted by molar-refractivity contribution is 0.0400. The highest BCUT2D eigenvalue weighted by molar-refractivity contribution is 4.95. The third-order valence-corrected chi connectivity index (χ3v) is 2.01. The fourth-order valence-corrected chi connectivity index (χ4v) is 1.16. The van der Waals surface area contributed by atoms with Crippen LogP contribution in [0.3, 0.4) is 0 Å². The lowest BCUT2D eigenvalue weighted by Crippen LogP contribution is -2.25. The number of hydrogen-bond donors (Lipinski definition) is 1. The van der Waals surface area contributed by atoms with Gasteiger partial charge in [-0.15, -0.1) is 6.58 Å². The molecule has 9 heavy (non-hydrogen) atoms. The normalized spacial score (nSPS) is 25.1. The summed E-state index contributed by atoms with van der Waals surface area (Å²) in [6.07, 6.45) is 4.91. The molecule has 0 unspecified atom stereocenters. The Balaban J connectivity index is 2.38. The van der Waals surface area contributed by atoms with Crippen LogP contribution in [0.4, 0.5) is 0 Å². The van der Waals surface area contributed by atoms with Gasteiger partial charge in [-0.2, -0.15) is 0 Å². The molecule has 1 aliphatic carbocycles. The van der Waals surface area contributed by atoms with Crippen LogP contribution in [0.2, 0.25) is 0 Å². The first-order valence-corrected chi connectivity index (χ1v) is 3.50. The fraction of sp³-hybridized carbons (Fsp3) is 0.750. The van der Waals surface area contributed by atoms with Gasteiger partial charge in [-0.25, -0.2) is 0 Å². The zero-order valence-electron chi connectivity index (χ0n) is 5.93. The van der Waals surface area contributed by atoms with Crippen LogP contribution in [0.25, 0.3) is 0 Å². The van der Waals surface area contributed by atoms with E-state index in [0.29, 0.717) is 5.92 Å². The Morgan fingerprint density at radius 1 is 1.78 bits per heavy atom. The zero-order chi connectivity index (χ0) is 6.91. The van der Waals surface area contributed by atoms with Gasteiger partial charge in [-0.3, -0.25) is 0 Å². The summed E-state index contributed by atoms with van der Waals surface area (Å²) in [5.41, 5.74) is -0.457. The standard InChI is InChI=1S/C8H14O/c1-3-6-8(2,9)7-4-5-7/h3,7,9H,1,4-6H2,2H3/t8-/m0/s1. The number of hydrogen-bond acceptors (Lipinski definition) is 1. The molecule has 1 aliphatic rings. The molecule has 1 atom stereocenters. The van der Waals surface area contributed by atoms with Gasteiger partial charge in [-0.05, 0) is 32.1 Å². The van der Waals surface area contributed by atoms with Crippen molar-refractivity contribution >= 4 is 0 Å². The van der Waals surface area contributed by atoms with Crippen molar-refractivity contribution in [2.45, 2.75) is 31.8 Å². The molecule has 52 valence electrons. The minimum absolute atomic E-state index is 0.457. The molecule has 0 saturated heterocycles. The Hall–Kier alpha value is -0.300. The largest absolute Gasteiger partial charge is 0.390 e. The molecule has 1 N–H and O–H groups in total. The molecule has 0 bridgehead atoms. The third-order valence-electron chi connectivity index (χ3n) is 2.01. The van der Waals surface area contributed by atoms with Gasteiger partial charge in [0, 0.05) is 0 Å². The topological polar surface area (TPSA) is 20.2 Å². The van der Waals surface area contributed by atoms with Crippen molar-refractivity contribution in [3.8, 4) is 0 Å². The van der Waals surface area contributed by atoms with Gasteiger partial charge in [0.25, 0.3) is 0 Å². The van der Waals surface area contributed by atoms with Gasteiger partial charge in [0.1, 0.15) is 0 Å². The first-order chi connectivity index (χ1) is 4.17. The second kappa shape index (κ2) is 2.14. The van der Waals surface area contributed by atoms with Gasteiger partial charge in [0.2, 0.25) is 0 Å². The lowest BCUT2D eigenvalue weighted by Gasteiger charge is -2.20. The van der Waals surface area contributed by atoms with Crippen molar-refractivity contribution in [1.29, 1.82) is 0 Å². The van der Waals surface area contributed by atoms with Gasteiger partial charge in [-0.1, -0.05) is 6.08 Å². The molecular formula is C8H14O. The van der Waals surface area contributed by atoms with E-state index in [1.165, 1.54) is 12.8 Å². The maximum Gasteiger partial charge on any atom is 0.0681 e. The molecular weight excluding hydrogens is 112 g/mol. The molecule has 0 amide bonds. The summed E-state index contributed by atoms with van der Waals surface area (Å²) >= 11 is 0. The van der Waals surface area contributed by atoms with Crippen LogP contribution in [-0.4, -0.2) is 10.7 Å². The van der Waals surface area contributed by atoms with Crippen molar-refractivity contribution in [2.24, 2.45) is 5.92 Å². The maximum atomic E-state index is 9.58. The molecule has 0 spiro atoms. The average molecular weight is 126 g/mol. The Bertz CT molecular complexity index is 112. The summed E-state index contributed by atoms with van der Waals surface area (Å²) in [4.78, 5) is 0. The molecule has 0 aliphatic heterocycles. The highest BCUT2D eigenvalue weighted by Crippen LogP contribution is 2.41. The van der Waals surface area contributed by atoms with Gasteiger partial charge < -0.3 is 5.11 Å². The minimum atomic E-state index is -0.457.